The fourth-order valence-electron chi connectivity index (χ4n) is 4.32. The normalized spacial score (nSPS) is 17.0. The molecule has 10 heteroatoms. The molecular weight excluding hydrogens is 452 g/mol. The van der Waals surface area contributed by atoms with Gasteiger partial charge in [-0.25, -0.2) is 4.79 Å². The Bertz CT molecular complexity index is 1300. The summed E-state index contributed by atoms with van der Waals surface area (Å²) in [7, 11) is 3.15. The molecule has 3 aromatic rings. The summed E-state index contributed by atoms with van der Waals surface area (Å²) in [6, 6.07) is 10.3. The third kappa shape index (κ3) is 4.01. The van der Waals surface area contributed by atoms with Crippen LogP contribution in [-0.4, -0.2) is 48.6 Å². The number of ether oxygens (including phenoxy) is 4. The first-order valence-electron chi connectivity index (χ1n) is 11.3. The van der Waals surface area contributed by atoms with Gasteiger partial charge in [-0.3, -0.25) is 4.90 Å². The number of fused-ring (bicyclic) bond motifs is 1. The molecule has 0 radical (unpaired) electrons. The molecule has 0 saturated heterocycles. The van der Waals surface area contributed by atoms with Gasteiger partial charge < -0.3 is 28.8 Å². The molecule has 5 rings (SSSR count). The van der Waals surface area contributed by atoms with Crippen LogP contribution in [0.25, 0.3) is 17.0 Å². The Kier molecular flexibility index (Phi) is 5.94. The van der Waals surface area contributed by atoms with E-state index >= 15 is 0 Å². The van der Waals surface area contributed by atoms with Gasteiger partial charge in [0.25, 0.3) is 5.89 Å². The smallest absolute Gasteiger partial charge is 0.322 e. The summed E-state index contributed by atoms with van der Waals surface area (Å²) in [6.45, 7) is 4.65. The van der Waals surface area contributed by atoms with Crippen molar-refractivity contribution in [3.05, 3.63) is 53.5 Å². The molecule has 2 aromatic carbocycles. The molecule has 1 atom stereocenters. The highest BCUT2D eigenvalue weighted by Gasteiger charge is 2.36. The van der Waals surface area contributed by atoms with E-state index < -0.39 is 6.04 Å². The number of benzene rings is 2. The minimum absolute atomic E-state index is 0.183. The molecule has 2 aliphatic heterocycles. The minimum atomic E-state index is -0.527. The lowest BCUT2D eigenvalue weighted by molar-refractivity contribution is 0.174. The predicted molar refractivity (Wildman–Crippen MR) is 126 cm³/mol. The van der Waals surface area contributed by atoms with Crippen molar-refractivity contribution >= 4 is 11.6 Å². The van der Waals surface area contributed by atoms with Crippen molar-refractivity contribution in [1.82, 2.24) is 20.4 Å². The Labute approximate surface area is 202 Å². The molecule has 3 heterocycles. The average molecular weight is 479 g/mol. The molecule has 0 aliphatic carbocycles. The van der Waals surface area contributed by atoms with Crippen molar-refractivity contribution in [2.45, 2.75) is 26.3 Å². The second-order valence-electron chi connectivity index (χ2n) is 8.14. The number of hydrogen-bond donors (Lipinski definition) is 1. The number of urea groups is 1. The molecule has 0 saturated carbocycles. The molecule has 0 bridgehead atoms. The van der Waals surface area contributed by atoms with E-state index in [2.05, 4.69) is 15.5 Å². The summed E-state index contributed by atoms with van der Waals surface area (Å²) in [5.74, 6) is 3.18. The number of carbonyl (C=O) groups is 1. The molecule has 1 N–H and O–H groups in total. The maximum Gasteiger partial charge on any atom is 0.322 e. The van der Waals surface area contributed by atoms with Crippen LogP contribution in [0, 0.1) is 0 Å². The standard InChI is InChI=1S/C25H26N4O6/c1-5-10-29-14(2)21(22(26-25(29)30)15-6-8-17(31-3)19(11-15)32-4)24-27-23(28-35-24)16-7-9-18-20(12-16)34-13-33-18/h6-9,11-12,22H,5,10,13H2,1-4H3,(H,26,30). The summed E-state index contributed by atoms with van der Waals surface area (Å²) < 4.78 is 27.5. The lowest BCUT2D eigenvalue weighted by Crippen LogP contribution is -2.46. The zero-order valence-corrected chi connectivity index (χ0v) is 20.0. The van der Waals surface area contributed by atoms with Gasteiger partial charge in [0, 0.05) is 17.8 Å². The number of amides is 2. The number of carbonyl (C=O) groups excluding carboxylic acids is 1. The SMILES string of the molecule is CCCN1C(=O)NC(c2ccc(OC)c(OC)c2)C(c2nc(-c3ccc4c(c3)OCO4)no2)=C1C. The van der Waals surface area contributed by atoms with Crippen LogP contribution in [0.1, 0.15) is 37.8 Å². The first-order valence-corrected chi connectivity index (χ1v) is 11.3. The first kappa shape index (κ1) is 22.6. The van der Waals surface area contributed by atoms with Crippen molar-refractivity contribution in [2.24, 2.45) is 0 Å². The Morgan fingerprint density at radius 1 is 1.09 bits per heavy atom. The van der Waals surface area contributed by atoms with Crippen molar-refractivity contribution in [2.75, 3.05) is 27.6 Å². The van der Waals surface area contributed by atoms with Gasteiger partial charge in [-0.1, -0.05) is 18.1 Å². The van der Waals surface area contributed by atoms with E-state index in [1.807, 2.05) is 44.2 Å². The average Bonchev–Trinajstić information content (AvgIpc) is 3.55. The Hall–Kier alpha value is -4.21. The highest BCUT2D eigenvalue weighted by Crippen LogP contribution is 2.41. The molecule has 2 aliphatic rings. The monoisotopic (exact) mass is 478 g/mol. The number of nitrogens with zero attached hydrogens (tertiary/aromatic N) is 3. The van der Waals surface area contributed by atoms with Gasteiger partial charge in [0.1, 0.15) is 0 Å². The van der Waals surface area contributed by atoms with Crippen LogP contribution in [0.4, 0.5) is 4.79 Å². The molecule has 35 heavy (non-hydrogen) atoms. The van der Waals surface area contributed by atoms with Gasteiger partial charge in [0.2, 0.25) is 12.6 Å². The summed E-state index contributed by atoms with van der Waals surface area (Å²) in [4.78, 5) is 19.4. The zero-order chi connectivity index (χ0) is 24.5. The fourth-order valence-corrected chi connectivity index (χ4v) is 4.32. The second kappa shape index (κ2) is 9.21. The van der Waals surface area contributed by atoms with E-state index in [9.17, 15) is 4.79 Å². The minimum Gasteiger partial charge on any atom is -0.493 e. The molecule has 2 amide bonds. The van der Waals surface area contributed by atoms with Gasteiger partial charge in [-0.2, -0.15) is 4.98 Å². The van der Waals surface area contributed by atoms with Crippen LogP contribution in [0.5, 0.6) is 23.0 Å². The maximum atomic E-state index is 13.0. The number of hydrogen-bond acceptors (Lipinski definition) is 8. The van der Waals surface area contributed by atoms with Crippen molar-refractivity contribution in [3.8, 4) is 34.4 Å². The molecule has 0 spiro atoms. The third-order valence-corrected chi connectivity index (χ3v) is 6.07. The van der Waals surface area contributed by atoms with Gasteiger partial charge >= 0.3 is 6.03 Å². The zero-order valence-electron chi connectivity index (χ0n) is 20.0. The number of methoxy groups -OCH3 is 2. The highest BCUT2D eigenvalue weighted by atomic mass is 16.7. The maximum absolute atomic E-state index is 13.0. The first-order chi connectivity index (χ1) is 17.0. The van der Waals surface area contributed by atoms with Crippen molar-refractivity contribution in [3.63, 3.8) is 0 Å². The lowest BCUT2D eigenvalue weighted by atomic mass is 9.94. The summed E-state index contributed by atoms with van der Waals surface area (Å²) >= 11 is 0. The van der Waals surface area contributed by atoms with E-state index in [0.717, 1.165) is 23.2 Å². The molecule has 182 valence electrons. The van der Waals surface area contributed by atoms with E-state index in [1.54, 1.807) is 25.2 Å². The van der Waals surface area contributed by atoms with Gasteiger partial charge in [-0.05, 0) is 49.2 Å². The Morgan fingerprint density at radius 3 is 2.66 bits per heavy atom. The molecular formula is C25H26N4O6. The van der Waals surface area contributed by atoms with Crippen molar-refractivity contribution in [1.29, 1.82) is 0 Å². The Balaban J connectivity index is 1.58. The summed E-state index contributed by atoms with van der Waals surface area (Å²) in [5.41, 5.74) is 2.99. The lowest BCUT2D eigenvalue weighted by Gasteiger charge is -2.35. The predicted octanol–water partition coefficient (Wildman–Crippen LogP) is 4.39. The van der Waals surface area contributed by atoms with Crippen molar-refractivity contribution < 1.29 is 28.3 Å². The Morgan fingerprint density at radius 2 is 1.89 bits per heavy atom. The van der Waals surface area contributed by atoms with E-state index in [4.69, 9.17) is 23.5 Å². The van der Waals surface area contributed by atoms with Crippen LogP contribution < -0.4 is 24.3 Å². The fraction of sp³-hybridized carbons (Fsp3) is 0.320. The van der Waals surface area contributed by atoms with Gasteiger partial charge in [-0.15, -0.1) is 0 Å². The van der Waals surface area contributed by atoms with E-state index in [0.29, 0.717) is 46.8 Å². The quantitative estimate of drug-likeness (QED) is 0.533. The van der Waals surface area contributed by atoms with Gasteiger partial charge in [0.05, 0.1) is 25.8 Å². The van der Waals surface area contributed by atoms with Crippen LogP contribution in [0.2, 0.25) is 0 Å². The van der Waals surface area contributed by atoms with Gasteiger partial charge in [0.15, 0.2) is 23.0 Å². The van der Waals surface area contributed by atoms with Crippen LogP contribution >= 0.6 is 0 Å². The largest absolute Gasteiger partial charge is 0.493 e. The second-order valence-corrected chi connectivity index (χ2v) is 8.14. The number of nitrogens with one attached hydrogen (secondary N) is 1. The number of aromatic nitrogens is 2. The molecule has 10 nitrogen and oxygen atoms in total. The summed E-state index contributed by atoms with van der Waals surface area (Å²) in [5, 5.41) is 7.30. The molecule has 0 fully saturated rings. The molecule has 1 unspecified atom stereocenters. The number of allylic oxidation sites excluding steroid dienone is 1. The molecule has 1 aromatic heterocycles. The van der Waals surface area contributed by atoms with E-state index in [-0.39, 0.29) is 12.8 Å². The summed E-state index contributed by atoms with van der Waals surface area (Å²) in [6.07, 6.45) is 0.797. The van der Waals surface area contributed by atoms with Crippen LogP contribution in [-0.2, 0) is 0 Å². The van der Waals surface area contributed by atoms with Crippen LogP contribution in [0.15, 0.2) is 46.6 Å². The highest BCUT2D eigenvalue weighted by molar-refractivity contribution is 5.87. The van der Waals surface area contributed by atoms with Crippen LogP contribution in [0.3, 0.4) is 0 Å². The topological polar surface area (TPSA) is 108 Å². The number of rotatable bonds is 7. The third-order valence-electron chi connectivity index (χ3n) is 6.07. The van der Waals surface area contributed by atoms with E-state index in [1.165, 1.54) is 0 Å².